The number of hydrogen-bond donors (Lipinski definition) is 3. The van der Waals surface area contributed by atoms with Gasteiger partial charge in [-0.3, -0.25) is 4.79 Å². The molecule has 3 N–H and O–H groups in total. The minimum atomic E-state index is -4.79. The van der Waals surface area contributed by atoms with Crippen molar-refractivity contribution in [1.82, 2.24) is 10.2 Å². The normalized spacial score (nSPS) is 17.2. The van der Waals surface area contributed by atoms with E-state index in [4.69, 9.17) is 9.84 Å². The van der Waals surface area contributed by atoms with Crippen LogP contribution in [0, 0.1) is 0 Å². The Labute approximate surface area is 191 Å². The number of nitrogens with one attached hydrogen (secondary N) is 1. The molecule has 1 unspecified atom stereocenters. The molecule has 2 aliphatic rings. The molecule has 0 spiro atoms. The Morgan fingerprint density at radius 1 is 1.06 bits per heavy atom. The van der Waals surface area contributed by atoms with Gasteiger partial charge in [-0.1, -0.05) is 48.5 Å². The van der Waals surface area contributed by atoms with Crippen molar-refractivity contribution in [2.24, 2.45) is 0 Å². The second-order valence-electron chi connectivity index (χ2n) is 8.37. The van der Waals surface area contributed by atoms with Crippen LogP contribution >= 0.6 is 0 Å². The molecule has 2 aromatic rings. The number of amides is 2. The number of carbonyl (C=O) groups excluding carboxylic acids is 2. The van der Waals surface area contributed by atoms with Crippen LogP contribution in [0.5, 0.6) is 0 Å². The van der Waals surface area contributed by atoms with Crippen molar-refractivity contribution >= 4 is 18.0 Å². The van der Waals surface area contributed by atoms with Crippen LogP contribution in [0.4, 0.5) is 18.0 Å². The minimum absolute atomic E-state index is 0.157. The van der Waals surface area contributed by atoms with Crippen molar-refractivity contribution in [1.29, 1.82) is 0 Å². The van der Waals surface area contributed by atoms with Gasteiger partial charge in [0.05, 0.1) is 19.5 Å². The van der Waals surface area contributed by atoms with Crippen LogP contribution in [-0.4, -0.2) is 70.6 Å². The van der Waals surface area contributed by atoms with Gasteiger partial charge in [0.25, 0.3) is 0 Å². The van der Waals surface area contributed by atoms with E-state index in [1.165, 1.54) is 0 Å². The molecule has 2 amide bonds. The summed E-state index contributed by atoms with van der Waals surface area (Å²) in [7, 11) is 0. The first-order valence-electron chi connectivity index (χ1n) is 10.4. The van der Waals surface area contributed by atoms with Gasteiger partial charge in [-0.05, 0) is 22.3 Å². The first-order valence-corrected chi connectivity index (χ1v) is 10.4. The van der Waals surface area contributed by atoms with E-state index in [1.807, 2.05) is 53.8 Å². The molecule has 1 heterocycles. The number of fused-ring (bicyclic) bond motifs is 3. The molecule has 1 aliphatic heterocycles. The summed E-state index contributed by atoms with van der Waals surface area (Å²) < 4.78 is 44.3. The van der Waals surface area contributed by atoms with Gasteiger partial charge in [-0.15, -0.1) is 0 Å². The van der Waals surface area contributed by atoms with E-state index in [0.29, 0.717) is 0 Å². The third kappa shape index (κ3) is 4.56. The Balaban J connectivity index is 1.43. The van der Waals surface area contributed by atoms with Crippen molar-refractivity contribution in [2.45, 2.75) is 30.2 Å². The molecule has 2 aromatic carbocycles. The van der Waals surface area contributed by atoms with Crippen molar-refractivity contribution in [3.8, 4) is 11.1 Å². The van der Waals surface area contributed by atoms with Gasteiger partial charge in [-0.2, -0.15) is 13.2 Å². The number of carbonyl (C=O) groups is 3. The van der Waals surface area contributed by atoms with Gasteiger partial charge in [0.1, 0.15) is 12.6 Å². The van der Waals surface area contributed by atoms with Gasteiger partial charge in [0.15, 0.2) is 5.60 Å². The number of hydrogen-bond acceptors (Lipinski definition) is 5. The lowest BCUT2D eigenvalue weighted by atomic mass is 9.93. The maximum absolute atomic E-state index is 13.0. The van der Waals surface area contributed by atoms with E-state index < -0.39 is 55.3 Å². The number of halogens is 3. The first-order chi connectivity index (χ1) is 16.0. The lowest BCUT2D eigenvalue weighted by Crippen LogP contribution is -2.69. The topological polar surface area (TPSA) is 116 Å². The Bertz CT molecular complexity index is 1080. The van der Waals surface area contributed by atoms with Crippen molar-refractivity contribution in [2.75, 3.05) is 19.7 Å². The van der Waals surface area contributed by atoms with Crippen LogP contribution in [0.25, 0.3) is 11.1 Å². The number of aliphatic hydroxyl groups is 1. The van der Waals surface area contributed by atoms with Crippen molar-refractivity contribution < 1.29 is 42.5 Å². The lowest BCUT2D eigenvalue weighted by Gasteiger charge is -2.44. The predicted molar refractivity (Wildman–Crippen MR) is 112 cm³/mol. The van der Waals surface area contributed by atoms with E-state index in [-0.39, 0.29) is 12.5 Å². The average Bonchev–Trinajstić information content (AvgIpc) is 3.07. The average molecular weight is 478 g/mol. The highest BCUT2D eigenvalue weighted by atomic mass is 19.4. The van der Waals surface area contributed by atoms with E-state index in [2.05, 4.69) is 0 Å². The number of likely N-dealkylation sites (tertiary alicyclic amines) is 1. The Kier molecular flexibility index (Phi) is 5.98. The molecule has 1 aliphatic carbocycles. The largest absolute Gasteiger partial charge is 0.479 e. The van der Waals surface area contributed by atoms with Gasteiger partial charge in [-0.25, -0.2) is 9.59 Å². The first kappa shape index (κ1) is 23.6. The van der Waals surface area contributed by atoms with Crippen LogP contribution in [-0.2, 0) is 14.3 Å². The molecule has 4 rings (SSSR count). The zero-order valence-electron chi connectivity index (χ0n) is 17.7. The van der Waals surface area contributed by atoms with Crippen LogP contribution < -0.4 is 5.32 Å². The van der Waals surface area contributed by atoms with Crippen LogP contribution in [0.2, 0.25) is 0 Å². The number of alkyl carbamates (subject to hydrolysis) is 1. The Morgan fingerprint density at radius 2 is 1.59 bits per heavy atom. The van der Waals surface area contributed by atoms with E-state index in [1.54, 1.807) is 0 Å². The number of nitrogens with zero attached hydrogens (tertiary/aromatic N) is 1. The molecule has 1 saturated heterocycles. The molecule has 1 atom stereocenters. The van der Waals surface area contributed by atoms with E-state index in [0.717, 1.165) is 27.2 Å². The van der Waals surface area contributed by atoms with Crippen LogP contribution in [0.15, 0.2) is 48.5 Å². The molecule has 1 fully saturated rings. The predicted octanol–water partition coefficient (Wildman–Crippen LogP) is 2.50. The fourth-order valence-electron chi connectivity index (χ4n) is 4.31. The fourth-order valence-corrected chi connectivity index (χ4v) is 4.31. The molecular weight excluding hydrogens is 457 g/mol. The highest BCUT2D eigenvalue weighted by molar-refractivity contribution is 5.90. The van der Waals surface area contributed by atoms with Gasteiger partial charge < -0.3 is 25.2 Å². The van der Waals surface area contributed by atoms with E-state index in [9.17, 15) is 32.7 Å². The highest BCUT2D eigenvalue weighted by Crippen LogP contribution is 2.44. The fraction of sp³-hybridized carbons (Fsp3) is 0.348. The summed E-state index contributed by atoms with van der Waals surface area (Å²) >= 11 is 0. The summed E-state index contributed by atoms with van der Waals surface area (Å²) in [5, 5.41) is 20.6. The lowest BCUT2D eigenvalue weighted by molar-refractivity contribution is -0.185. The van der Waals surface area contributed by atoms with Crippen molar-refractivity contribution in [3.05, 3.63) is 59.7 Å². The summed E-state index contributed by atoms with van der Waals surface area (Å²) in [5.74, 6) is -3.07. The van der Waals surface area contributed by atoms with E-state index >= 15 is 0 Å². The monoisotopic (exact) mass is 478 g/mol. The summed E-state index contributed by atoms with van der Waals surface area (Å²) in [6, 6.07) is 13.0. The third-order valence-corrected chi connectivity index (χ3v) is 5.98. The molecule has 0 saturated carbocycles. The third-order valence-electron chi connectivity index (χ3n) is 5.98. The molecule has 8 nitrogen and oxygen atoms in total. The molecule has 180 valence electrons. The van der Waals surface area contributed by atoms with Gasteiger partial charge in [0.2, 0.25) is 5.91 Å². The van der Waals surface area contributed by atoms with Crippen molar-refractivity contribution in [3.63, 3.8) is 0 Å². The molecule has 34 heavy (non-hydrogen) atoms. The second kappa shape index (κ2) is 8.64. The molecule has 0 radical (unpaired) electrons. The number of β-amino-alcohol motifs (C(OH)–C–C–N with tert-alkyl or cyclic N) is 1. The number of carboxylic acid groups (broad SMARTS) is 1. The smallest absolute Gasteiger partial charge is 0.407 e. The second-order valence-corrected chi connectivity index (χ2v) is 8.37. The quantitative estimate of drug-likeness (QED) is 0.588. The number of carboxylic acids is 1. The Hall–Kier alpha value is -3.60. The minimum Gasteiger partial charge on any atom is -0.479 e. The zero-order valence-corrected chi connectivity index (χ0v) is 17.7. The zero-order chi connectivity index (χ0) is 24.7. The molecule has 11 heteroatoms. The summed E-state index contributed by atoms with van der Waals surface area (Å²) in [4.78, 5) is 36.6. The molecular formula is C23H21F3N2O6. The summed E-state index contributed by atoms with van der Waals surface area (Å²) in [5.41, 5.74) is 1.55. The number of ether oxygens (including phenoxy) is 1. The molecule has 0 bridgehead atoms. The highest BCUT2D eigenvalue weighted by Gasteiger charge is 2.52. The van der Waals surface area contributed by atoms with Gasteiger partial charge >= 0.3 is 18.2 Å². The number of alkyl halides is 3. The maximum atomic E-state index is 13.0. The van der Waals surface area contributed by atoms with Crippen LogP contribution in [0.1, 0.15) is 23.5 Å². The Morgan fingerprint density at radius 3 is 2.09 bits per heavy atom. The SMILES string of the molecule is O=C(NC(CC(F)(F)F)C(=O)N1CC(O)(C(=O)O)C1)OCC1c2ccccc2-c2ccccc21. The molecule has 0 aromatic heterocycles. The number of benzene rings is 2. The summed E-state index contributed by atoms with van der Waals surface area (Å²) in [6.07, 6.45) is -7.67. The number of rotatable bonds is 6. The summed E-state index contributed by atoms with van der Waals surface area (Å²) in [6.45, 7) is -1.51. The number of aliphatic carboxylic acids is 1. The maximum Gasteiger partial charge on any atom is 0.407 e. The standard InChI is InChI=1S/C23H21F3N2O6/c24-23(25,26)9-18(19(29)28-11-22(33,12-28)20(30)31)27-21(32)34-10-17-15-7-3-1-5-13(15)14-6-2-4-8-16(14)17/h1-8,17-18,33H,9-12H2,(H,27,32)(H,30,31). The van der Waals surface area contributed by atoms with Crippen LogP contribution in [0.3, 0.4) is 0 Å². The van der Waals surface area contributed by atoms with Gasteiger partial charge in [0, 0.05) is 5.92 Å².